The van der Waals surface area contributed by atoms with Crippen LogP contribution < -0.4 is 16.4 Å². The molecule has 0 unspecified atom stereocenters. The smallest absolute Gasteiger partial charge is 0.475 e. The molecule has 1 aliphatic heterocycles. The third-order valence-corrected chi connectivity index (χ3v) is 8.54. The zero-order valence-electron chi connectivity index (χ0n) is 27.2. The Morgan fingerprint density at radius 1 is 1.06 bits per heavy atom. The van der Waals surface area contributed by atoms with Crippen LogP contribution in [0, 0.1) is 12.3 Å². The van der Waals surface area contributed by atoms with Gasteiger partial charge in [0.2, 0.25) is 17.7 Å². The van der Waals surface area contributed by atoms with Crippen LogP contribution in [0.1, 0.15) is 77.0 Å². The van der Waals surface area contributed by atoms with E-state index in [1.54, 1.807) is 11.3 Å². The lowest BCUT2D eigenvalue weighted by atomic mass is 9.85. The number of rotatable bonds is 13. The summed E-state index contributed by atoms with van der Waals surface area (Å²) in [5, 5.41) is 23.4. The molecule has 0 radical (unpaired) electrons. The molecule has 1 aromatic carbocycles. The van der Waals surface area contributed by atoms with E-state index in [0.29, 0.717) is 19.5 Å². The van der Waals surface area contributed by atoms with E-state index in [2.05, 4.69) is 15.6 Å². The van der Waals surface area contributed by atoms with Crippen molar-refractivity contribution in [3.8, 4) is 10.4 Å². The van der Waals surface area contributed by atoms with Gasteiger partial charge in [0.1, 0.15) is 12.1 Å². The van der Waals surface area contributed by atoms with E-state index in [9.17, 15) is 32.7 Å². The molecule has 11 nitrogen and oxygen atoms in total. The number of hydrogen-bond acceptors (Lipinski definition) is 8. The fourth-order valence-corrected chi connectivity index (χ4v) is 5.79. The SMILES string of the molecule is Cc1ncsc1-c1ccc(CNC(=O)[C@@H]2C[C@@H](O)CN2C(=O)[C@@H](NC(=O)CCCCCCCN)C(C)(C)C)cc1.O=C(O)C(F)(F)F. The number of aromatic nitrogens is 1. The Labute approximate surface area is 277 Å². The summed E-state index contributed by atoms with van der Waals surface area (Å²) in [5.41, 5.74) is 9.77. The van der Waals surface area contributed by atoms with Crippen LogP contribution in [0.3, 0.4) is 0 Å². The van der Waals surface area contributed by atoms with Crippen molar-refractivity contribution in [3.05, 3.63) is 41.0 Å². The van der Waals surface area contributed by atoms with Crippen LogP contribution in [-0.4, -0.2) is 81.2 Å². The molecule has 1 aliphatic rings. The highest BCUT2D eigenvalue weighted by molar-refractivity contribution is 7.13. The second-order valence-corrected chi connectivity index (χ2v) is 13.4. The van der Waals surface area contributed by atoms with Crippen LogP contribution in [-0.2, 0) is 25.7 Å². The number of amides is 3. The van der Waals surface area contributed by atoms with Crippen molar-refractivity contribution < 1.29 is 42.6 Å². The normalized spacial score (nSPS) is 17.0. The Hall–Kier alpha value is -3.56. The van der Waals surface area contributed by atoms with Crippen molar-refractivity contribution in [1.29, 1.82) is 0 Å². The number of nitrogens with zero attached hydrogens (tertiary/aromatic N) is 2. The first kappa shape index (κ1) is 39.6. The largest absolute Gasteiger partial charge is 0.490 e. The van der Waals surface area contributed by atoms with Crippen LogP contribution in [0.4, 0.5) is 13.2 Å². The second-order valence-electron chi connectivity index (χ2n) is 12.6. The molecule has 1 aromatic heterocycles. The zero-order valence-corrected chi connectivity index (χ0v) is 28.0. The van der Waals surface area contributed by atoms with Gasteiger partial charge >= 0.3 is 12.1 Å². The quantitative estimate of drug-likeness (QED) is 0.195. The summed E-state index contributed by atoms with van der Waals surface area (Å²) in [6.45, 7) is 8.69. The molecule has 262 valence electrons. The van der Waals surface area contributed by atoms with Gasteiger partial charge in [-0.25, -0.2) is 9.78 Å². The number of unbranched alkanes of at least 4 members (excludes halogenated alkanes) is 4. The Morgan fingerprint density at radius 3 is 2.19 bits per heavy atom. The van der Waals surface area contributed by atoms with Crippen molar-refractivity contribution in [2.24, 2.45) is 11.1 Å². The van der Waals surface area contributed by atoms with E-state index in [1.165, 1.54) is 4.90 Å². The van der Waals surface area contributed by atoms with Gasteiger partial charge in [0.15, 0.2) is 0 Å². The summed E-state index contributed by atoms with van der Waals surface area (Å²) in [4.78, 5) is 55.4. The first-order chi connectivity index (χ1) is 21.9. The molecule has 0 saturated carbocycles. The molecule has 15 heteroatoms. The molecule has 3 amide bonds. The molecule has 0 bridgehead atoms. The van der Waals surface area contributed by atoms with Gasteiger partial charge in [-0.05, 0) is 42.9 Å². The predicted octanol–water partition coefficient (Wildman–Crippen LogP) is 4.16. The number of aliphatic hydroxyl groups excluding tert-OH is 1. The number of carbonyl (C=O) groups excluding carboxylic acids is 3. The maximum Gasteiger partial charge on any atom is 0.490 e. The van der Waals surface area contributed by atoms with Crippen LogP contribution in [0.5, 0.6) is 0 Å². The number of β-amino-alcohol motifs (C(OH)–C–C–N with tert-alkyl or cyclic N) is 1. The van der Waals surface area contributed by atoms with Gasteiger partial charge in [-0.1, -0.05) is 64.3 Å². The van der Waals surface area contributed by atoms with Gasteiger partial charge in [-0.15, -0.1) is 11.3 Å². The first-order valence-corrected chi connectivity index (χ1v) is 16.4. The number of carboxylic acid groups (broad SMARTS) is 1. The van der Waals surface area contributed by atoms with Gasteiger partial charge in [-0.2, -0.15) is 13.2 Å². The summed E-state index contributed by atoms with van der Waals surface area (Å²) in [5.74, 6) is -3.59. The van der Waals surface area contributed by atoms with Crippen molar-refractivity contribution in [1.82, 2.24) is 20.5 Å². The molecule has 47 heavy (non-hydrogen) atoms. The Balaban J connectivity index is 0.000000984. The molecule has 0 spiro atoms. The van der Waals surface area contributed by atoms with Gasteiger partial charge < -0.3 is 31.5 Å². The number of carbonyl (C=O) groups is 4. The number of alkyl halides is 3. The van der Waals surface area contributed by atoms with Crippen molar-refractivity contribution >= 4 is 35.0 Å². The summed E-state index contributed by atoms with van der Waals surface area (Å²) in [7, 11) is 0. The number of hydrogen-bond donors (Lipinski definition) is 5. The van der Waals surface area contributed by atoms with Crippen LogP contribution >= 0.6 is 11.3 Å². The summed E-state index contributed by atoms with van der Waals surface area (Å²) < 4.78 is 31.7. The summed E-state index contributed by atoms with van der Waals surface area (Å²) in [6, 6.07) is 6.34. The topological polar surface area (TPSA) is 175 Å². The Morgan fingerprint density at radius 2 is 1.66 bits per heavy atom. The van der Waals surface area contributed by atoms with E-state index >= 15 is 0 Å². The second kappa shape index (κ2) is 18.1. The minimum absolute atomic E-state index is 0.0589. The van der Waals surface area contributed by atoms with Crippen LogP contribution in [0.25, 0.3) is 10.4 Å². The number of nitrogens with two attached hydrogens (primary N) is 1. The van der Waals surface area contributed by atoms with Crippen molar-refractivity contribution in [3.63, 3.8) is 0 Å². The number of benzene rings is 1. The molecule has 1 saturated heterocycles. The number of aliphatic carboxylic acids is 1. The molecule has 3 atom stereocenters. The third kappa shape index (κ3) is 12.9. The molecule has 1 fully saturated rings. The zero-order chi connectivity index (χ0) is 35.4. The van der Waals surface area contributed by atoms with Crippen molar-refractivity contribution in [2.45, 2.75) is 104 Å². The number of carboxylic acids is 1. The van der Waals surface area contributed by atoms with Gasteiger partial charge in [0, 0.05) is 25.9 Å². The van der Waals surface area contributed by atoms with Crippen molar-refractivity contribution in [2.75, 3.05) is 13.1 Å². The summed E-state index contributed by atoms with van der Waals surface area (Å²) in [6.07, 6.45) is -0.611. The monoisotopic (exact) mass is 685 g/mol. The molecule has 2 aromatic rings. The van der Waals surface area contributed by atoms with E-state index in [0.717, 1.165) is 53.8 Å². The maximum atomic E-state index is 13.7. The van der Waals surface area contributed by atoms with Crippen LogP contribution in [0.15, 0.2) is 29.8 Å². The minimum atomic E-state index is -5.08. The molecular formula is C32H46F3N5O6S. The highest BCUT2D eigenvalue weighted by Gasteiger charge is 2.44. The Bertz CT molecular complexity index is 1330. The lowest BCUT2D eigenvalue weighted by Gasteiger charge is -2.35. The molecule has 0 aliphatic carbocycles. The van der Waals surface area contributed by atoms with Crippen LogP contribution in [0.2, 0.25) is 0 Å². The van der Waals surface area contributed by atoms with Gasteiger partial charge in [0.25, 0.3) is 0 Å². The Kier molecular flexibility index (Phi) is 15.3. The molecular weight excluding hydrogens is 639 g/mol. The number of nitrogens with one attached hydrogen (secondary N) is 2. The standard InChI is InChI=1S/C30H45N5O4S.C2HF3O2/c1-20-26(40-19-33-20)22-13-11-21(12-14-22)17-32-28(38)24-16-23(36)18-35(24)29(39)27(30(2,3)4)34-25(37)10-8-6-5-7-9-15-31;3-2(4,5)1(6)7/h11-14,19,23-24,27,36H,5-10,15-18,31H2,1-4H3,(H,32,38)(H,34,37);(H,6,7)/t23-,24+,27-;/m1./s1. The maximum absolute atomic E-state index is 13.7. The van der Waals surface area contributed by atoms with E-state index in [1.807, 2.05) is 57.5 Å². The van der Waals surface area contributed by atoms with E-state index in [-0.39, 0.29) is 30.7 Å². The lowest BCUT2D eigenvalue weighted by molar-refractivity contribution is -0.192. The highest BCUT2D eigenvalue weighted by atomic mass is 32.1. The fraction of sp³-hybridized carbons (Fsp3) is 0.594. The van der Waals surface area contributed by atoms with Gasteiger partial charge in [-0.3, -0.25) is 14.4 Å². The number of thiazole rings is 1. The van der Waals surface area contributed by atoms with E-state index in [4.69, 9.17) is 15.6 Å². The third-order valence-electron chi connectivity index (χ3n) is 7.56. The van der Waals surface area contributed by atoms with E-state index < -0.39 is 35.7 Å². The fourth-order valence-electron chi connectivity index (χ4n) is 4.97. The average Bonchev–Trinajstić information content (AvgIpc) is 3.61. The summed E-state index contributed by atoms with van der Waals surface area (Å²) >= 11 is 1.59. The predicted molar refractivity (Wildman–Crippen MR) is 172 cm³/mol. The molecule has 2 heterocycles. The average molecular weight is 686 g/mol. The highest BCUT2D eigenvalue weighted by Crippen LogP contribution is 2.28. The molecule has 3 rings (SSSR count). The number of aryl methyl sites for hydroxylation is 1. The van der Waals surface area contributed by atoms with Gasteiger partial charge in [0.05, 0.1) is 22.2 Å². The number of likely N-dealkylation sites (tertiary alicyclic amines) is 1. The number of aliphatic hydroxyl groups is 1. The number of halogens is 3. The lowest BCUT2D eigenvalue weighted by Crippen LogP contribution is -2.57. The first-order valence-electron chi connectivity index (χ1n) is 15.5. The minimum Gasteiger partial charge on any atom is -0.475 e. The molecule has 6 N–H and O–H groups in total.